The number of nitro benzene ring substituents is 1. The summed E-state index contributed by atoms with van der Waals surface area (Å²) in [5.74, 6) is 0. The zero-order chi connectivity index (χ0) is 16.9. The molecule has 3 rings (SSSR count). The van der Waals surface area contributed by atoms with Crippen LogP contribution in [0.4, 0.5) is 5.69 Å². The molecule has 1 aromatic carbocycles. The van der Waals surface area contributed by atoms with Gasteiger partial charge in [-0.25, -0.2) is 4.98 Å². The van der Waals surface area contributed by atoms with Gasteiger partial charge in [0.2, 0.25) is 0 Å². The van der Waals surface area contributed by atoms with Crippen LogP contribution >= 0.6 is 11.3 Å². The van der Waals surface area contributed by atoms with Gasteiger partial charge in [0.15, 0.2) is 0 Å². The first-order chi connectivity index (χ1) is 11.7. The summed E-state index contributed by atoms with van der Waals surface area (Å²) in [6.07, 6.45) is 5.03. The summed E-state index contributed by atoms with van der Waals surface area (Å²) in [6.45, 7) is 0. The van der Waals surface area contributed by atoms with E-state index in [2.05, 4.69) is 16.0 Å². The van der Waals surface area contributed by atoms with E-state index in [9.17, 15) is 15.4 Å². The van der Waals surface area contributed by atoms with E-state index in [4.69, 9.17) is 0 Å². The van der Waals surface area contributed by atoms with Crippen molar-refractivity contribution in [3.05, 3.63) is 74.9 Å². The number of thiazole rings is 1. The number of pyridine rings is 1. The molecule has 2 heterocycles. The average Bonchev–Trinajstić information content (AvgIpc) is 3.10. The van der Waals surface area contributed by atoms with Crippen molar-refractivity contribution >= 4 is 28.7 Å². The van der Waals surface area contributed by atoms with Crippen LogP contribution in [0.15, 0.2) is 54.2 Å². The number of allylic oxidation sites excluding steroid dienone is 1. The summed E-state index contributed by atoms with van der Waals surface area (Å²) >= 11 is 1.32. The molecule has 0 aliphatic heterocycles. The van der Waals surface area contributed by atoms with E-state index in [0.29, 0.717) is 21.8 Å². The van der Waals surface area contributed by atoms with Crippen molar-refractivity contribution in [2.45, 2.75) is 0 Å². The molecule has 6 nitrogen and oxygen atoms in total. The molecule has 24 heavy (non-hydrogen) atoms. The summed E-state index contributed by atoms with van der Waals surface area (Å²) in [5, 5.41) is 22.6. The minimum Gasteiger partial charge on any atom is -0.264 e. The Kier molecular flexibility index (Phi) is 4.40. The van der Waals surface area contributed by atoms with Gasteiger partial charge in [-0.1, -0.05) is 18.2 Å². The first-order valence-electron chi connectivity index (χ1n) is 6.90. The second kappa shape index (κ2) is 6.81. The lowest BCUT2D eigenvalue weighted by Gasteiger charge is -1.97. The summed E-state index contributed by atoms with van der Waals surface area (Å²) < 4.78 is 0. The highest BCUT2D eigenvalue weighted by Crippen LogP contribution is 2.28. The van der Waals surface area contributed by atoms with Crippen LogP contribution in [0.1, 0.15) is 10.6 Å². The van der Waals surface area contributed by atoms with Crippen molar-refractivity contribution in [2.24, 2.45) is 0 Å². The highest BCUT2D eigenvalue weighted by molar-refractivity contribution is 7.11. The first-order valence-corrected chi connectivity index (χ1v) is 7.78. The molecule has 0 radical (unpaired) electrons. The molecule has 0 amide bonds. The largest absolute Gasteiger partial charge is 0.270 e. The number of hydrogen-bond donors (Lipinski definition) is 0. The third-order valence-electron chi connectivity index (χ3n) is 3.20. The molecule has 0 bridgehead atoms. The van der Waals surface area contributed by atoms with Crippen molar-refractivity contribution in [3.8, 4) is 17.3 Å². The Morgan fingerprint density at radius 2 is 2.21 bits per heavy atom. The van der Waals surface area contributed by atoms with Gasteiger partial charge in [-0.05, 0) is 17.7 Å². The standard InChI is InChI=1S/C17H10N4O2S/c18-9-14(7-12-3-2-6-19-10-12)17-20-16(11-24-17)13-4-1-5-15(8-13)21(22)23/h1-8,10-11H/b14-7+. The number of nitrogens with zero attached hydrogens (tertiary/aromatic N) is 4. The molecular weight excluding hydrogens is 324 g/mol. The lowest BCUT2D eigenvalue weighted by atomic mass is 10.1. The van der Waals surface area contributed by atoms with Crippen molar-refractivity contribution in [3.63, 3.8) is 0 Å². The van der Waals surface area contributed by atoms with Crippen LogP contribution in [-0.2, 0) is 0 Å². The molecule has 0 unspecified atom stereocenters. The van der Waals surface area contributed by atoms with Gasteiger partial charge in [-0.15, -0.1) is 11.3 Å². The van der Waals surface area contributed by atoms with Gasteiger partial charge in [-0.3, -0.25) is 15.1 Å². The number of non-ortho nitro benzene ring substituents is 1. The molecule has 2 aromatic heterocycles. The predicted octanol–water partition coefficient (Wildman–Crippen LogP) is 4.18. The van der Waals surface area contributed by atoms with Crippen molar-refractivity contribution in [2.75, 3.05) is 0 Å². The Morgan fingerprint density at radius 3 is 2.92 bits per heavy atom. The molecule has 0 atom stereocenters. The number of nitro groups is 1. The second-order valence-corrected chi connectivity index (χ2v) is 5.66. The fourth-order valence-corrected chi connectivity index (χ4v) is 2.87. The molecule has 0 saturated heterocycles. The zero-order valence-electron chi connectivity index (χ0n) is 12.3. The van der Waals surface area contributed by atoms with E-state index in [-0.39, 0.29) is 5.69 Å². The lowest BCUT2D eigenvalue weighted by Crippen LogP contribution is -1.88. The van der Waals surface area contributed by atoms with Gasteiger partial charge >= 0.3 is 0 Å². The lowest BCUT2D eigenvalue weighted by molar-refractivity contribution is -0.384. The maximum Gasteiger partial charge on any atom is 0.270 e. The highest BCUT2D eigenvalue weighted by Gasteiger charge is 2.12. The summed E-state index contributed by atoms with van der Waals surface area (Å²) in [4.78, 5) is 18.9. The van der Waals surface area contributed by atoms with Crippen LogP contribution < -0.4 is 0 Å². The maximum atomic E-state index is 10.9. The molecular formula is C17H10N4O2S. The van der Waals surface area contributed by atoms with Crippen molar-refractivity contribution in [1.82, 2.24) is 9.97 Å². The molecule has 0 saturated carbocycles. The van der Waals surface area contributed by atoms with Crippen LogP contribution in [0.3, 0.4) is 0 Å². The molecule has 0 aliphatic rings. The molecule has 7 heteroatoms. The Hall–Kier alpha value is -3.37. The molecule has 3 aromatic rings. The molecule has 0 fully saturated rings. The van der Waals surface area contributed by atoms with Gasteiger partial charge in [0.25, 0.3) is 5.69 Å². The van der Waals surface area contributed by atoms with Crippen LogP contribution in [0.25, 0.3) is 22.9 Å². The Balaban J connectivity index is 1.95. The molecule has 0 N–H and O–H groups in total. The minimum absolute atomic E-state index is 0.00783. The smallest absolute Gasteiger partial charge is 0.264 e. The normalized spacial score (nSPS) is 11.0. The van der Waals surface area contributed by atoms with Crippen LogP contribution in [-0.4, -0.2) is 14.9 Å². The van der Waals surface area contributed by atoms with Gasteiger partial charge in [0.05, 0.1) is 16.2 Å². The summed E-state index contributed by atoms with van der Waals surface area (Å²) in [6, 6.07) is 12.0. The molecule has 116 valence electrons. The van der Waals surface area contributed by atoms with Crippen molar-refractivity contribution in [1.29, 1.82) is 5.26 Å². The number of aromatic nitrogens is 2. The van der Waals surface area contributed by atoms with Crippen LogP contribution in [0.5, 0.6) is 0 Å². The average molecular weight is 334 g/mol. The van der Waals surface area contributed by atoms with Gasteiger partial charge in [0.1, 0.15) is 11.1 Å². The van der Waals surface area contributed by atoms with E-state index >= 15 is 0 Å². The summed E-state index contributed by atoms with van der Waals surface area (Å²) in [7, 11) is 0. The summed E-state index contributed by atoms with van der Waals surface area (Å²) in [5.41, 5.74) is 2.48. The van der Waals surface area contributed by atoms with E-state index in [1.54, 1.807) is 42.0 Å². The van der Waals surface area contributed by atoms with Crippen LogP contribution in [0, 0.1) is 21.4 Å². The third-order valence-corrected chi connectivity index (χ3v) is 4.08. The first kappa shape index (κ1) is 15.5. The molecule has 0 spiro atoms. The maximum absolute atomic E-state index is 10.9. The Morgan fingerprint density at radius 1 is 1.33 bits per heavy atom. The van der Waals surface area contributed by atoms with E-state index in [0.717, 1.165) is 5.56 Å². The Labute approximate surface area is 141 Å². The fraction of sp³-hybridized carbons (Fsp3) is 0. The SMILES string of the molecule is N#C/C(=C\c1cccnc1)c1nc(-c2cccc([N+](=O)[O-])c2)cs1. The monoisotopic (exact) mass is 334 g/mol. The van der Waals surface area contributed by atoms with Crippen molar-refractivity contribution < 1.29 is 4.92 Å². The number of benzene rings is 1. The highest BCUT2D eigenvalue weighted by atomic mass is 32.1. The van der Waals surface area contributed by atoms with Gasteiger partial charge < -0.3 is 0 Å². The zero-order valence-corrected chi connectivity index (χ0v) is 13.1. The topological polar surface area (TPSA) is 92.7 Å². The van der Waals surface area contributed by atoms with Gasteiger partial charge in [-0.2, -0.15) is 5.26 Å². The fourth-order valence-electron chi connectivity index (χ4n) is 2.08. The minimum atomic E-state index is -0.445. The Bertz CT molecular complexity index is 958. The number of rotatable bonds is 4. The number of hydrogen-bond acceptors (Lipinski definition) is 6. The number of nitriles is 1. The second-order valence-electron chi connectivity index (χ2n) is 4.80. The van der Waals surface area contributed by atoms with E-state index < -0.39 is 4.92 Å². The molecule has 0 aliphatic carbocycles. The third kappa shape index (κ3) is 3.34. The van der Waals surface area contributed by atoms with Crippen LogP contribution in [0.2, 0.25) is 0 Å². The van der Waals surface area contributed by atoms with E-state index in [1.807, 2.05) is 6.07 Å². The predicted molar refractivity (Wildman–Crippen MR) is 91.9 cm³/mol. The van der Waals surface area contributed by atoms with Gasteiger partial charge in [0, 0.05) is 35.5 Å². The van der Waals surface area contributed by atoms with E-state index in [1.165, 1.54) is 23.5 Å². The quantitative estimate of drug-likeness (QED) is 0.405.